The van der Waals surface area contributed by atoms with Crippen LogP contribution in [0.2, 0.25) is 5.15 Å². The quantitative estimate of drug-likeness (QED) is 0.796. The summed E-state index contributed by atoms with van der Waals surface area (Å²) in [6.45, 7) is 8.92. The highest BCUT2D eigenvalue weighted by atomic mass is 35.5. The number of carbonyl (C=O) groups is 1. The van der Waals surface area contributed by atoms with Gasteiger partial charge in [0.2, 0.25) is 0 Å². The van der Waals surface area contributed by atoms with Crippen LogP contribution in [0.5, 0.6) is 0 Å². The summed E-state index contributed by atoms with van der Waals surface area (Å²) in [5.74, 6) is 0.834. The van der Waals surface area contributed by atoms with Gasteiger partial charge in [0.05, 0.1) is 0 Å². The first-order valence-corrected chi connectivity index (χ1v) is 7.36. The zero-order valence-electron chi connectivity index (χ0n) is 12.5. The Balaban J connectivity index is 1.50. The molecule has 0 saturated carbocycles. The van der Waals surface area contributed by atoms with Crippen LogP contribution >= 0.6 is 11.6 Å². The van der Waals surface area contributed by atoms with E-state index in [-0.39, 0.29) is 11.5 Å². The van der Waals surface area contributed by atoms with Crippen molar-refractivity contribution in [1.82, 2.24) is 15.1 Å². The Morgan fingerprint density at radius 1 is 1.24 bits per heavy atom. The van der Waals surface area contributed by atoms with Crippen molar-refractivity contribution in [3.8, 4) is 0 Å². The molecule has 0 unspecified atom stereocenters. The lowest BCUT2D eigenvalue weighted by Crippen LogP contribution is -2.73. The summed E-state index contributed by atoms with van der Waals surface area (Å²) >= 11 is 5.73. The summed E-state index contributed by atoms with van der Waals surface area (Å²) in [4.78, 5) is 15.8. The standard InChI is InChI=1S/C14H19ClN4O2/c1-13(2,3)21-12(20)19-8-14(9-19)6-18(7-14)11-5-4-10(15)16-17-11/h4-5H,6-9H2,1-3H3. The molecule has 2 aliphatic rings. The molecule has 0 aliphatic carbocycles. The van der Waals surface area contributed by atoms with E-state index in [0.717, 1.165) is 32.0 Å². The lowest BCUT2D eigenvalue weighted by molar-refractivity contribution is -0.0455. The van der Waals surface area contributed by atoms with Gasteiger partial charge in [0.25, 0.3) is 0 Å². The van der Waals surface area contributed by atoms with Gasteiger partial charge in [0.15, 0.2) is 11.0 Å². The molecule has 114 valence electrons. The number of ether oxygens (including phenoxy) is 1. The Kier molecular flexibility index (Phi) is 3.24. The molecule has 6 nitrogen and oxygen atoms in total. The summed E-state index contributed by atoms with van der Waals surface area (Å²) in [5, 5.41) is 8.31. The van der Waals surface area contributed by atoms with Crippen LogP contribution in [0.3, 0.4) is 0 Å². The van der Waals surface area contributed by atoms with Gasteiger partial charge in [-0.15, -0.1) is 10.2 Å². The zero-order chi connectivity index (χ0) is 15.3. The summed E-state index contributed by atoms with van der Waals surface area (Å²) in [5.41, 5.74) is -0.247. The maximum absolute atomic E-state index is 11.9. The molecule has 3 rings (SSSR count). The number of nitrogens with zero attached hydrogens (tertiary/aromatic N) is 4. The van der Waals surface area contributed by atoms with Crippen molar-refractivity contribution >= 4 is 23.5 Å². The van der Waals surface area contributed by atoms with Gasteiger partial charge in [0, 0.05) is 31.6 Å². The molecule has 0 bridgehead atoms. The van der Waals surface area contributed by atoms with E-state index >= 15 is 0 Å². The number of likely N-dealkylation sites (tertiary alicyclic amines) is 1. The van der Waals surface area contributed by atoms with E-state index < -0.39 is 5.60 Å². The lowest BCUT2D eigenvalue weighted by atomic mass is 9.73. The number of amides is 1. The van der Waals surface area contributed by atoms with Gasteiger partial charge >= 0.3 is 6.09 Å². The number of aromatic nitrogens is 2. The Morgan fingerprint density at radius 3 is 2.43 bits per heavy atom. The second kappa shape index (κ2) is 4.73. The van der Waals surface area contributed by atoms with Gasteiger partial charge in [-0.1, -0.05) is 11.6 Å². The van der Waals surface area contributed by atoms with Crippen LogP contribution in [-0.2, 0) is 4.74 Å². The molecule has 1 aromatic heterocycles. The summed E-state index contributed by atoms with van der Waals surface area (Å²) < 4.78 is 5.36. The van der Waals surface area contributed by atoms with Crippen LogP contribution in [0.15, 0.2) is 12.1 Å². The molecule has 0 aromatic carbocycles. The van der Waals surface area contributed by atoms with Crippen LogP contribution in [0.1, 0.15) is 20.8 Å². The highest BCUT2D eigenvalue weighted by molar-refractivity contribution is 6.29. The minimum absolute atomic E-state index is 0.193. The Morgan fingerprint density at radius 2 is 1.90 bits per heavy atom. The fourth-order valence-corrected chi connectivity index (χ4v) is 2.92. The van der Waals surface area contributed by atoms with Crippen molar-refractivity contribution in [2.75, 3.05) is 31.1 Å². The average molecular weight is 311 g/mol. The molecule has 0 N–H and O–H groups in total. The van der Waals surface area contributed by atoms with E-state index in [1.54, 1.807) is 11.0 Å². The molecule has 2 fully saturated rings. The predicted molar refractivity (Wildman–Crippen MR) is 79.5 cm³/mol. The Hall–Kier alpha value is -1.56. The molecule has 0 radical (unpaired) electrons. The normalized spacial score (nSPS) is 20.0. The molecule has 1 aromatic rings. The Bertz CT molecular complexity index is 541. The van der Waals surface area contributed by atoms with E-state index in [0.29, 0.717) is 5.15 Å². The molecule has 2 aliphatic heterocycles. The number of carbonyl (C=O) groups excluding carboxylic acids is 1. The highest BCUT2D eigenvalue weighted by Gasteiger charge is 2.54. The Labute approximate surface area is 129 Å². The molecule has 2 saturated heterocycles. The van der Waals surface area contributed by atoms with Crippen molar-refractivity contribution < 1.29 is 9.53 Å². The van der Waals surface area contributed by atoms with Gasteiger partial charge in [-0.2, -0.15) is 0 Å². The minimum Gasteiger partial charge on any atom is -0.444 e. The largest absolute Gasteiger partial charge is 0.444 e. The number of hydrogen-bond donors (Lipinski definition) is 0. The topological polar surface area (TPSA) is 58.6 Å². The van der Waals surface area contributed by atoms with Crippen LogP contribution < -0.4 is 4.90 Å². The fraction of sp³-hybridized carbons (Fsp3) is 0.643. The van der Waals surface area contributed by atoms with Crippen LogP contribution in [0.4, 0.5) is 10.6 Å². The van der Waals surface area contributed by atoms with Crippen LogP contribution in [0.25, 0.3) is 0 Å². The van der Waals surface area contributed by atoms with Crippen molar-refractivity contribution in [3.63, 3.8) is 0 Å². The maximum Gasteiger partial charge on any atom is 0.410 e. The number of halogens is 1. The third-order valence-electron chi connectivity index (χ3n) is 3.70. The van der Waals surface area contributed by atoms with Gasteiger partial charge in [-0.25, -0.2) is 4.79 Å². The molecule has 0 atom stereocenters. The number of anilines is 1. The van der Waals surface area contributed by atoms with Crippen LogP contribution in [0, 0.1) is 5.41 Å². The predicted octanol–water partition coefficient (Wildman–Crippen LogP) is 2.19. The average Bonchev–Trinajstić information content (AvgIpc) is 2.25. The first-order chi connectivity index (χ1) is 9.76. The first kappa shape index (κ1) is 14.4. The number of hydrogen-bond acceptors (Lipinski definition) is 5. The molecular formula is C14H19ClN4O2. The number of rotatable bonds is 1. The highest BCUT2D eigenvalue weighted by Crippen LogP contribution is 2.41. The molecular weight excluding hydrogens is 292 g/mol. The summed E-state index contributed by atoms with van der Waals surface area (Å²) in [6.07, 6.45) is -0.224. The van der Waals surface area contributed by atoms with Crippen LogP contribution in [-0.4, -0.2) is 53.0 Å². The van der Waals surface area contributed by atoms with Crippen molar-refractivity contribution in [2.24, 2.45) is 5.41 Å². The van der Waals surface area contributed by atoms with E-state index in [1.165, 1.54) is 0 Å². The second-order valence-corrected chi connectivity index (χ2v) is 7.29. The SMILES string of the molecule is CC(C)(C)OC(=O)N1CC2(C1)CN(c1ccc(Cl)nn1)C2. The van der Waals surface area contributed by atoms with E-state index in [1.807, 2.05) is 26.8 Å². The van der Waals surface area contributed by atoms with Gasteiger partial charge in [0.1, 0.15) is 5.60 Å². The molecule has 21 heavy (non-hydrogen) atoms. The maximum atomic E-state index is 11.9. The monoisotopic (exact) mass is 310 g/mol. The van der Waals surface area contributed by atoms with Gasteiger partial charge < -0.3 is 14.5 Å². The van der Waals surface area contributed by atoms with E-state index in [2.05, 4.69) is 15.1 Å². The van der Waals surface area contributed by atoms with Gasteiger partial charge in [-0.3, -0.25) is 0 Å². The third-order valence-corrected chi connectivity index (χ3v) is 3.90. The minimum atomic E-state index is -0.440. The molecule has 1 spiro atoms. The fourth-order valence-electron chi connectivity index (χ4n) is 2.82. The molecule has 7 heteroatoms. The molecule has 1 amide bonds. The second-order valence-electron chi connectivity index (χ2n) is 6.91. The molecule has 3 heterocycles. The van der Waals surface area contributed by atoms with Crippen molar-refractivity contribution in [1.29, 1.82) is 0 Å². The van der Waals surface area contributed by atoms with Crippen molar-refractivity contribution in [2.45, 2.75) is 26.4 Å². The summed E-state index contributed by atoms with van der Waals surface area (Å²) in [6, 6.07) is 3.61. The smallest absolute Gasteiger partial charge is 0.410 e. The lowest BCUT2D eigenvalue weighted by Gasteiger charge is -2.60. The van der Waals surface area contributed by atoms with E-state index in [4.69, 9.17) is 16.3 Å². The van der Waals surface area contributed by atoms with E-state index in [9.17, 15) is 4.79 Å². The van der Waals surface area contributed by atoms with Gasteiger partial charge in [-0.05, 0) is 32.9 Å². The first-order valence-electron chi connectivity index (χ1n) is 6.99. The zero-order valence-corrected chi connectivity index (χ0v) is 13.2. The third kappa shape index (κ3) is 2.90. The summed E-state index contributed by atoms with van der Waals surface area (Å²) in [7, 11) is 0. The van der Waals surface area contributed by atoms with Crippen molar-refractivity contribution in [3.05, 3.63) is 17.3 Å².